The molecule has 0 radical (unpaired) electrons. The minimum absolute atomic E-state index is 0.0200. The molecule has 5 nitrogen and oxygen atoms in total. The van der Waals surface area contributed by atoms with Gasteiger partial charge in [0.25, 0.3) is 11.6 Å². The van der Waals surface area contributed by atoms with Crippen molar-refractivity contribution in [2.45, 2.75) is 12.5 Å². The molecule has 1 aromatic rings. The second-order valence-corrected chi connectivity index (χ2v) is 5.51. The van der Waals surface area contributed by atoms with Gasteiger partial charge in [-0.05, 0) is 24.3 Å². The Hall–Kier alpha value is -1.27. The fraction of sp³-hybridized carbons (Fsp3) is 0.364. The van der Waals surface area contributed by atoms with Crippen molar-refractivity contribution in [3.8, 4) is 0 Å². The Morgan fingerprint density at radius 2 is 2.33 bits per heavy atom. The van der Waals surface area contributed by atoms with Gasteiger partial charge in [-0.2, -0.15) is 11.8 Å². The lowest BCUT2D eigenvalue weighted by Crippen LogP contribution is -2.34. The van der Waals surface area contributed by atoms with Crippen molar-refractivity contribution >= 4 is 35.0 Å². The lowest BCUT2D eigenvalue weighted by molar-refractivity contribution is -0.384. The van der Waals surface area contributed by atoms with Crippen LogP contribution in [0, 0.1) is 10.1 Å². The summed E-state index contributed by atoms with van der Waals surface area (Å²) in [5.41, 5.74) is 0.159. The number of nitro groups is 1. The number of hydrogen-bond acceptors (Lipinski definition) is 4. The zero-order chi connectivity index (χ0) is 13.1. The molecule has 96 valence electrons. The number of hydrogen-bond donors (Lipinski definition) is 1. The third-order valence-electron chi connectivity index (χ3n) is 2.67. The van der Waals surface area contributed by atoms with Crippen LogP contribution in [0.3, 0.4) is 0 Å². The van der Waals surface area contributed by atoms with Crippen LogP contribution in [-0.4, -0.2) is 28.4 Å². The molecule has 1 aliphatic rings. The molecule has 0 aromatic heterocycles. The molecular formula is C11H11ClN2O3S. The Morgan fingerprint density at radius 1 is 1.56 bits per heavy atom. The first-order chi connectivity index (χ1) is 8.58. The number of benzene rings is 1. The SMILES string of the molecule is O=C(NC1CCSC1)c1ccc([N+](=O)[O-])c(Cl)c1. The number of rotatable bonds is 3. The average molecular weight is 287 g/mol. The molecule has 0 spiro atoms. The van der Waals surface area contributed by atoms with Gasteiger partial charge in [0.1, 0.15) is 5.02 Å². The van der Waals surface area contributed by atoms with E-state index >= 15 is 0 Å². The van der Waals surface area contributed by atoms with E-state index in [1.54, 1.807) is 11.8 Å². The van der Waals surface area contributed by atoms with Crippen LogP contribution >= 0.6 is 23.4 Å². The van der Waals surface area contributed by atoms with Crippen LogP contribution in [0.1, 0.15) is 16.8 Å². The number of nitrogens with one attached hydrogen (secondary N) is 1. The second-order valence-electron chi connectivity index (χ2n) is 3.96. The summed E-state index contributed by atoms with van der Waals surface area (Å²) in [4.78, 5) is 21.9. The molecule has 18 heavy (non-hydrogen) atoms. The molecule has 2 rings (SSSR count). The minimum Gasteiger partial charge on any atom is -0.348 e. The minimum atomic E-state index is -0.572. The third-order valence-corrected chi connectivity index (χ3v) is 4.14. The van der Waals surface area contributed by atoms with Crippen molar-refractivity contribution in [2.24, 2.45) is 0 Å². The lowest BCUT2D eigenvalue weighted by Gasteiger charge is -2.11. The summed E-state index contributed by atoms with van der Waals surface area (Å²) in [6.07, 6.45) is 0.955. The van der Waals surface area contributed by atoms with Gasteiger partial charge in [-0.1, -0.05) is 11.6 Å². The van der Waals surface area contributed by atoms with Crippen molar-refractivity contribution in [3.63, 3.8) is 0 Å². The zero-order valence-corrected chi connectivity index (χ0v) is 11.0. The molecule has 1 aromatic carbocycles. The third kappa shape index (κ3) is 2.94. The molecule has 1 saturated heterocycles. The number of nitrogens with zero attached hydrogens (tertiary/aromatic N) is 1. The van der Waals surface area contributed by atoms with Crippen LogP contribution in [0.4, 0.5) is 5.69 Å². The van der Waals surface area contributed by atoms with E-state index in [4.69, 9.17) is 11.6 Å². The van der Waals surface area contributed by atoms with Crippen LogP contribution in [0.2, 0.25) is 5.02 Å². The maximum atomic E-state index is 11.9. The van der Waals surface area contributed by atoms with Gasteiger partial charge in [0.05, 0.1) is 4.92 Å². The summed E-state index contributed by atoms with van der Waals surface area (Å²) in [6, 6.07) is 4.18. The van der Waals surface area contributed by atoms with Gasteiger partial charge in [0, 0.05) is 23.4 Å². The average Bonchev–Trinajstić information content (AvgIpc) is 2.81. The molecule has 1 amide bonds. The Morgan fingerprint density at radius 3 is 2.89 bits per heavy atom. The molecule has 1 unspecified atom stereocenters. The fourth-order valence-electron chi connectivity index (χ4n) is 1.71. The highest BCUT2D eigenvalue weighted by molar-refractivity contribution is 7.99. The normalized spacial score (nSPS) is 18.6. The van der Waals surface area contributed by atoms with Gasteiger partial charge >= 0.3 is 0 Å². The van der Waals surface area contributed by atoms with E-state index in [1.807, 2.05) is 0 Å². The van der Waals surface area contributed by atoms with Crippen LogP contribution in [0.25, 0.3) is 0 Å². The monoisotopic (exact) mass is 286 g/mol. The Balaban J connectivity index is 2.10. The topological polar surface area (TPSA) is 72.2 Å². The maximum absolute atomic E-state index is 11.9. The first-order valence-electron chi connectivity index (χ1n) is 5.40. The van der Waals surface area contributed by atoms with E-state index in [0.29, 0.717) is 5.56 Å². The highest BCUT2D eigenvalue weighted by Gasteiger charge is 2.20. The van der Waals surface area contributed by atoms with Crippen molar-refractivity contribution in [1.82, 2.24) is 5.32 Å². The highest BCUT2D eigenvalue weighted by Crippen LogP contribution is 2.25. The molecule has 0 aliphatic carbocycles. The molecule has 0 saturated carbocycles. The summed E-state index contributed by atoms with van der Waals surface area (Å²) in [6.45, 7) is 0. The second kappa shape index (κ2) is 5.58. The van der Waals surface area contributed by atoms with Gasteiger partial charge < -0.3 is 5.32 Å². The number of carbonyl (C=O) groups excluding carboxylic acids is 1. The Bertz CT molecular complexity index is 489. The largest absolute Gasteiger partial charge is 0.348 e. The fourth-order valence-corrected chi connectivity index (χ4v) is 3.12. The summed E-state index contributed by atoms with van der Waals surface area (Å²) >= 11 is 7.56. The molecular weight excluding hydrogens is 276 g/mol. The first-order valence-corrected chi connectivity index (χ1v) is 6.94. The van der Waals surface area contributed by atoms with E-state index < -0.39 is 4.92 Å². The molecule has 1 heterocycles. The summed E-state index contributed by atoms with van der Waals surface area (Å²) in [5, 5.41) is 13.5. The van der Waals surface area contributed by atoms with Gasteiger partial charge in [-0.25, -0.2) is 0 Å². The molecule has 1 fully saturated rings. The lowest BCUT2D eigenvalue weighted by atomic mass is 10.1. The molecule has 0 bridgehead atoms. The number of thioether (sulfide) groups is 1. The summed E-state index contributed by atoms with van der Waals surface area (Å²) < 4.78 is 0. The standard InChI is InChI=1S/C11H11ClN2O3S/c12-9-5-7(1-2-10(9)14(16)17)11(15)13-8-3-4-18-6-8/h1-2,5,8H,3-4,6H2,(H,13,15). The zero-order valence-electron chi connectivity index (χ0n) is 9.39. The Kier molecular flexibility index (Phi) is 4.08. The van der Waals surface area contributed by atoms with Gasteiger partial charge in [0.15, 0.2) is 0 Å². The smallest absolute Gasteiger partial charge is 0.287 e. The van der Waals surface area contributed by atoms with Crippen LogP contribution in [0.5, 0.6) is 0 Å². The number of carbonyl (C=O) groups is 1. The van der Waals surface area contributed by atoms with Gasteiger partial charge in [-0.3, -0.25) is 14.9 Å². The number of nitro benzene ring substituents is 1. The van der Waals surface area contributed by atoms with E-state index in [-0.39, 0.29) is 22.7 Å². The van der Waals surface area contributed by atoms with Crippen LogP contribution in [-0.2, 0) is 0 Å². The maximum Gasteiger partial charge on any atom is 0.287 e. The highest BCUT2D eigenvalue weighted by atomic mass is 35.5. The predicted molar refractivity (Wildman–Crippen MR) is 71.3 cm³/mol. The van der Waals surface area contributed by atoms with Crippen molar-refractivity contribution < 1.29 is 9.72 Å². The predicted octanol–water partition coefficient (Wildman–Crippen LogP) is 2.48. The number of amides is 1. The quantitative estimate of drug-likeness (QED) is 0.684. The van der Waals surface area contributed by atoms with E-state index in [9.17, 15) is 14.9 Å². The molecule has 1 atom stereocenters. The van der Waals surface area contributed by atoms with E-state index in [0.717, 1.165) is 17.9 Å². The number of halogens is 1. The molecule has 1 aliphatic heterocycles. The molecule has 7 heteroatoms. The van der Waals surface area contributed by atoms with Gasteiger partial charge in [0.2, 0.25) is 0 Å². The van der Waals surface area contributed by atoms with E-state index in [2.05, 4.69) is 5.32 Å². The van der Waals surface area contributed by atoms with Crippen LogP contribution in [0.15, 0.2) is 18.2 Å². The van der Waals surface area contributed by atoms with Crippen LogP contribution < -0.4 is 5.32 Å². The first kappa shape index (κ1) is 13.2. The van der Waals surface area contributed by atoms with Crippen molar-refractivity contribution in [3.05, 3.63) is 38.9 Å². The van der Waals surface area contributed by atoms with Crippen molar-refractivity contribution in [1.29, 1.82) is 0 Å². The summed E-state index contributed by atoms with van der Waals surface area (Å²) in [7, 11) is 0. The molecule has 1 N–H and O–H groups in total. The van der Waals surface area contributed by atoms with Crippen molar-refractivity contribution in [2.75, 3.05) is 11.5 Å². The Labute approximate surface area is 113 Å². The van der Waals surface area contributed by atoms with E-state index in [1.165, 1.54) is 18.2 Å². The summed E-state index contributed by atoms with van der Waals surface area (Å²) in [5.74, 6) is 1.72. The van der Waals surface area contributed by atoms with Gasteiger partial charge in [-0.15, -0.1) is 0 Å².